The molecule has 0 aliphatic heterocycles. The van der Waals surface area contributed by atoms with Crippen LogP contribution in [-0.4, -0.2) is 28.6 Å². The quantitative estimate of drug-likeness (QED) is 0.751. The standard InChI is InChI=1S/C11H20N4O2/c1-4-7(2)10(12)11(16)13-6-5-9-14-8(3)17-15-9/h7,10H,4-6,12H2,1-3H3,(H,13,16)/t7-,10-/m0/s1. The van der Waals surface area contributed by atoms with Gasteiger partial charge in [0.15, 0.2) is 5.82 Å². The van der Waals surface area contributed by atoms with Crippen molar-refractivity contribution in [2.24, 2.45) is 11.7 Å². The second-order valence-electron chi connectivity index (χ2n) is 4.18. The first-order chi connectivity index (χ1) is 8.04. The molecule has 1 rings (SSSR count). The van der Waals surface area contributed by atoms with E-state index in [1.807, 2.05) is 13.8 Å². The van der Waals surface area contributed by atoms with Gasteiger partial charge in [-0.25, -0.2) is 0 Å². The Morgan fingerprint density at radius 3 is 2.82 bits per heavy atom. The highest BCUT2D eigenvalue weighted by Crippen LogP contribution is 2.04. The van der Waals surface area contributed by atoms with Gasteiger partial charge >= 0.3 is 0 Å². The van der Waals surface area contributed by atoms with E-state index >= 15 is 0 Å². The molecular formula is C11H20N4O2. The van der Waals surface area contributed by atoms with Crippen molar-refractivity contribution >= 4 is 5.91 Å². The van der Waals surface area contributed by atoms with Crippen LogP contribution < -0.4 is 11.1 Å². The third-order valence-electron chi connectivity index (χ3n) is 2.78. The van der Waals surface area contributed by atoms with E-state index in [9.17, 15) is 4.79 Å². The fraction of sp³-hybridized carbons (Fsp3) is 0.727. The fourth-order valence-electron chi connectivity index (χ4n) is 1.37. The second-order valence-corrected chi connectivity index (χ2v) is 4.18. The van der Waals surface area contributed by atoms with Gasteiger partial charge in [0, 0.05) is 19.9 Å². The summed E-state index contributed by atoms with van der Waals surface area (Å²) in [7, 11) is 0. The molecule has 0 fully saturated rings. The molecule has 6 nitrogen and oxygen atoms in total. The topological polar surface area (TPSA) is 94.0 Å². The van der Waals surface area contributed by atoms with E-state index in [-0.39, 0.29) is 11.8 Å². The average Bonchev–Trinajstić information content (AvgIpc) is 2.72. The Hall–Kier alpha value is -1.43. The lowest BCUT2D eigenvalue weighted by molar-refractivity contribution is -0.123. The summed E-state index contributed by atoms with van der Waals surface area (Å²) in [6.45, 7) is 6.18. The van der Waals surface area contributed by atoms with Crippen LogP contribution in [0.1, 0.15) is 32.0 Å². The van der Waals surface area contributed by atoms with Gasteiger partial charge in [-0.15, -0.1) is 0 Å². The maximum absolute atomic E-state index is 11.6. The Bertz CT molecular complexity index is 364. The van der Waals surface area contributed by atoms with Crippen LogP contribution in [0, 0.1) is 12.8 Å². The van der Waals surface area contributed by atoms with Crippen molar-refractivity contribution in [3.63, 3.8) is 0 Å². The summed E-state index contributed by atoms with van der Waals surface area (Å²) >= 11 is 0. The van der Waals surface area contributed by atoms with E-state index in [1.54, 1.807) is 6.92 Å². The van der Waals surface area contributed by atoms with Crippen molar-refractivity contribution in [3.05, 3.63) is 11.7 Å². The summed E-state index contributed by atoms with van der Waals surface area (Å²) in [5.41, 5.74) is 5.79. The Morgan fingerprint density at radius 1 is 1.59 bits per heavy atom. The number of nitrogens with zero attached hydrogens (tertiary/aromatic N) is 2. The van der Waals surface area contributed by atoms with E-state index in [2.05, 4.69) is 15.5 Å². The van der Waals surface area contributed by atoms with Crippen molar-refractivity contribution < 1.29 is 9.32 Å². The number of carbonyl (C=O) groups is 1. The van der Waals surface area contributed by atoms with Gasteiger partial charge in [0.05, 0.1) is 6.04 Å². The van der Waals surface area contributed by atoms with Crippen molar-refractivity contribution in [1.29, 1.82) is 0 Å². The highest BCUT2D eigenvalue weighted by atomic mass is 16.5. The Labute approximate surface area is 101 Å². The molecule has 1 amide bonds. The smallest absolute Gasteiger partial charge is 0.237 e. The van der Waals surface area contributed by atoms with Crippen LogP contribution in [0.3, 0.4) is 0 Å². The molecule has 1 aromatic rings. The highest BCUT2D eigenvalue weighted by Gasteiger charge is 2.18. The molecule has 1 aromatic heterocycles. The van der Waals surface area contributed by atoms with Gasteiger partial charge in [0.2, 0.25) is 11.8 Å². The highest BCUT2D eigenvalue weighted by molar-refractivity contribution is 5.81. The van der Waals surface area contributed by atoms with Crippen molar-refractivity contribution in [1.82, 2.24) is 15.5 Å². The molecule has 0 aliphatic carbocycles. The third-order valence-corrected chi connectivity index (χ3v) is 2.78. The average molecular weight is 240 g/mol. The lowest BCUT2D eigenvalue weighted by atomic mass is 9.99. The number of amides is 1. The first-order valence-electron chi connectivity index (χ1n) is 5.87. The summed E-state index contributed by atoms with van der Waals surface area (Å²) in [6, 6.07) is -0.452. The van der Waals surface area contributed by atoms with Gasteiger partial charge in [-0.05, 0) is 5.92 Å². The fourth-order valence-corrected chi connectivity index (χ4v) is 1.37. The summed E-state index contributed by atoms with van der Waals surface area (Å²) in [5.74, 6) is 1.18. The monoisotopic (exact) mass is 240 g/mol. The SMILES string of the molecule is CC[C@H](C)[C@H](N)C(=O)NCCc1noc(C)n1. The number of aryl methyl sites for hydroxylation is 1. The normalized spacial score (nSPS) is 14.4. The summed E-state index contributed by atoms with van der Waals surface area (Å²) in [5, 5.41) is 6.51. The van der Waals surface area contributed by atoms with Crippen LogP contribution in [0.5, 0.6) is 0 Å². The van der Waals surface area contributed by atoms with Crippen LogP contribution in [0.25, 0.3) is 0 Å². The van der Waals surface area contributed by atoms with E-state index in [0.717, 1.165) is 6.42 Å². The predicted molar refractivity (Wildman–Crippen MR) is 63.2 cm³/mol. The van der Waals surface area contributed by atoms with Gasteiger partial charge in [0.1, 0.15) is 0 Å². The Morgan fingerprint density at radius 2 is 2.29 bits per heavy atom. The van der Waals surface area contributed by atoms with Crippen LogP contribution in [0.15, 0.2) is 4.52 Å². The number of hydrogen-bond donors (Lipinski definition) is 2. The zero-order chi connectivity index (χ0) is 12.8. The molecule has 0 spiro atoms. The molecule has 0 radical (unpaired) electrons. The zero-order valence-electron chi connectivity index (χ0n) is 10.6. The number of nitrogens with two attached hydrogens (primary N) is 1. The lowest BCUT2D eigenvalue weighted by Gasteiger charge is -2.17. The molecule has 0 unspecified atom stereocenters. The maximum atomic E-state index is 11.6. The lowest BCUT2D eigenvalue weighted by Crippen LogP contribution is -2.45. The van der Waals surface area contributed by atoms with Crippen molar-refractivity contribution in [2.45, 2.75) is 39.7 Å². The molecule has 0 saturated heterocycles. The molecule has 0 bridgehead atoms. The number of hydrogen-bond acceptors (Lipinski definition) is 5. The molecule has 0 aromatic carbocycles. The van der Waals surface area contributed by atoms with E-state index in [4.69, 9.17) is 10.3 Å². The molecule has 96 valence electrons. The first kappa shape index (κ1) is 13.6. The van der Waals surface area contributed by atoms with Gasteiger partial charge < -0.3 is 15.6 Å². The predicted octanol–water partition coefficient (Wildman–Crippen LogP) is 0.410. The first-order valence-corrected chi connectivity index (χ1v) is 5.87. The number of nitrogens with one attached hydrogen (secondary N) is 1. The van der Waals surface area contributed by atoms with Gasteiger partial charge in [-0.3, -0.25) is 4.79 Å². The minimum atomic E-state index is -0.452. The molecule has 0 saturated carbocycles. The van der Waals surface area contributed by atoms with Gasteiger partial charge in [-0.1, -0.05) is 25.4 Å². The third kappa shape index (κ3) is 4.14. The molecule has 6 heteroatoms. The zero-order valence-corrected chi connectivity index (χ0v) is 10.6. The number of rotatable bonds is 6. The minimum Gasteiger partial charge on any atom is -0.354 e. The number of carbonyl (C=O) groups excluding carboxylic acids is 1. The van der Waals surface area contributed by atoms with Crippen LogP contribution >= 0.6 is 0 Å². The molecule has 3 N–H and O–H groups in total. The Balaban J connectivity index is 2.29. The van der Waals surface area contributed by atoms with Crippen LogP contribution in [-0.2, 0) is 11.2 Å². The largest absolute Gasteiger partial charge is 0.354 e. The molecule has 2 atom stereocenters. The van der Waals surface area contributed by atoms with Crippen LogP contribution in [0.4, 0.5) is 0 Å². The minimum absolute atomic E-state index is 0.125. The van der Waals surface area contributed by atoms with E-state index < -0.39 is 6.04 Å². The van der Waals surface area contributed by atoms with Gasteiger partial charge in [-0.2, -0.15) is 4.98 Å². The molecule has 17 heavy (non-hydrogen) atoms. The Kier molecular flexibility index (Phi) is 5.09. The van der Waals surface area contributed by atoms with Gasteiger partial charge in [0.25, 0.3) is 0 Å². The second kappa shape index (κ2) is 6.34. The van der Waals surface area contributed by atoms with Crippen LogP contribution in [0.2, 0.25) is 0 Å². The van der Waals surface area contributed by atoms with E-state index in [1.165, 1.54) is 0 Å². The molecule has 1 heterocycles. The van der Waals surface area contributed by atoms with Crippen molar-refractivity contribution in [2.75, 3.05) is 6.54 Å². The summed E-state index contributed by atoms with van der Waals surface area (Å²) < 4.78 is 4.83. The number of aromatic nitrogens is 2. The molecule has 0 aliphatic rings. The van der Waals surface area contributed by atoms with E-state index in [0.29, 0.717) is 24.7 Å². The maximum Gasteiger partial charge on any atom is 0.237 e. The summed E-state index contributed by atoms with van der Waals surface area (Å²) in [6.07, 6.45) is 1.44. The molecular weight excluding hydrogens is 220 g/mol. The van der Waals surface area contributed by atoms with Crippen molar-refractivity contribution in [3.8, 4) is 0 Å². The summed E-state index contributed by atoms with van der Waals surface area (Å²) in [4.78, 5) is 15.7.